The van der Waals surface area contributed by atoms with Crippen LogP contribution in [-0.2, 0) is 70.1 Å². The van der Waals surface area contributed by atoms with E-state index in [-0.39, 0.29) is 62.9 Å². The third-order valence-electron chi connectivity index (χ3n) is 10.9. The van der Waals surface area contributed by atoms with E-state index < -0.39 is 53.4 Å². The molecule has 366 valence electrons. The molecule has 2 aromatic carbocycles. The largest absolute Gasteiger partial charge is 0.495 e. The Hall–Kier alpha value is -4.62. The number of cyclic esters (lactones) is 2. The maximum absolute atomic E-state index is 13.8. The monoisotopic (exact) mass is 945 g/mol. The summed E-state index contributed by atoms with van der Waals surface area (Å²) in [5.41, 5.74) is 1.50. The van der Waals surface area contributed by atoms with E-state index in [9.17, 15) is 24.0 Å². The molecule has 2 aliphatic heterocycles. The molecule has 2 heterocycles. The summed E-state index contributed by atoms with van der Waals surface area (Å²) < 4.78 is 45.1. The number of epoxide rings is 1. The molecule has 1 fully saturated rings. The smallest absolute Gasteiger partial charge is 0.347 e. The standard InChI is InChI=1S/C48H68ClN3O14/c1-31(2)26-40-46(57)64-38(8-7-9-41(53)52-37(28-34-12-15-39(59-6)36(49)27-34)45(56)51-30-48(4,5)47(58)65-40)32(3)43-44(66-43)35-13-10-33(11-14-35)29-50-17-19-61-21-23-63-25-24-62-22-20-60-18-16-42(54)55/h7,9-15,27,31-32,37-38,40,43-44,50H,8,16-26,28-30H2,1-6H3,(H,51,56)(H,52,53)(H,54,55)/b9-7+/t32-,37+,38-,40-,43+,44+/m0/s1. The quantitative estimate of drug-likeness (QED) is 0.0600. The van der Waals surface area contributed by atoms with Crippen molar-refractivity contribution in [2.45, 2.75) is 97.3 Å². The maximum Gasteiger partial charge on any atom is 0.347 e. The van der Waals surface area contributed by atoms with Crippen LogP contribution in [-0.4, -0.2) is 132 Å². The van der Waals surface area contributed by atoms with E-state index in [1.54, 1.807) is 38.1 Å². The average Bonchev–Trinajstić information content (AvgIpc) is 4.08. The number of hydrogen-bond acceptors (Lipinski definition) is 14. The molecular formula is C48H68ClN3O14. The summed E-state index contributed by atoms with van der Waals surface area (Å²) in [7, 11) is 1.50. The van der Waals surface area contributed by atoms with Crippen LogP contribution in [0.2, 0.25) is 5.02 Å². The highest BCUT2D eigenvalue weighted by atomic mass is 35.5. The summed E-state index contributed by atoms with van der Waals surface area (Å²) in [6.07, 6.45) is 0.912. The Balaban J connectivity index is 1.30. The normalized spacial score (nSPS) is 22.5. The zero-order valence-electron chi connectivity index (χ0n) is 39.0. The predicted molar refractivity (Wildman–Crippen MR) is 244 cm³/mol. The molecule has 2 aromatic rings. The van der Waals surface area contributed by atoms with Crippen molar-refractivity contribution in [1.82, 2.24) is 16.0 Å². The Morgan fingerprint density at radius 3 is 2.15 bits per heavy atom. The number of esters is 2. The van der Waals surface area contributed by atoms with Gasteiger partial charge in [0, 0.05) is 38.4 Å². The van der Waals surface area contributed by atoms with Crippen LogP contribution >= 0.6 is 11.6 Å². The topological polar surface area (TPSA) is 219 Å². The number of carbonyl (C=O) groups is 5. The SMILES string of the molecule is COc1ccc(C[C@H]2NC(=O)/C=C/C[C@@H]([C@H](C)[C@H]3O[C@@H]3c3ccc(CNCCOCCOCCOCCOCCC(=O)O)cc3)OC(=O)[C@H](CC(C)C)OC(=O)C(C)(C)CNC2=O)cc1Cl. The molecule has 0 bridgehead atoms. The number of ether oxygens (including phenoxy) is 8. The zero-order valence-corrected chi connectivity index (χ0v) is 39.7. The summed E-state index contributed by atoms with van der Waals surface area (Å²) >= 11 is 6.36. The van der Waals surface area contributed by atoms with Gasteiger partial charge in [0.25, 0.3) is 0 Å². The van der Waals surface area contributed by atoms with Gasteiger partial charge in [-0.25, -0.2) is 4.79 Å². The van der Waals surface area contributed by atoms with Gasteiger partial charge in [0.15, 0.2) is 6.10 Å². The number of methoxy groups -OCH3 is 1. The number of nitrogens with one attached hydrogen (secondary N) is 3. The third-order valence-corrected chi connectivity index (χ3v) is 11.2. The van der Waals surface area contributed by atoms with Gasteiger partial charge in [-0.2, -0.15) is 0 Å². The number of hydrogen-bond donors (Lipinski definition) is 4. The fourth-order valence-electron chi connectivity index (χ4n) is 6.95. The molecule has 17 nitrogen and oxygen atoms in total. The Kier molecular flexibility index (Phi) is 22.8. The van der Waals surface area contributed by atoms with E-state index in [1.165, 1.54) is 13.2 Å². The number of carboxylic acid groups (broad SMARTS) is 1. The summed E-state index contributed by atoms with van der Waals surface area (Å²) in [6, 6.07) is 12.2. The second-order valence-corrected chi connectivity index (χ2v) is 17.8. The van der Waals surface area contributed by atoms with Gasteiger partial charge in [-0.1, -0.05) is 68.8 Å². The van der Waals surface area contributed by atoms with E-state index in [0.29, 0.717) is 75.7 Å². The van der Waals surface area contributed by atoms with Gasteiger partial charge < -0.3 is 59.0 Å². The minimum absolute atomic E-state index is 0.0144. The van der Waals surface area contributed by atoms with E-state index in [1.807, 2.05) is 45.0 Å². The summed E-state index contributed by atoms with van der Waals surface area (Å²) in [4.78, 5) is 64.8. The Morgan fingerprint density at radius 2 is 1.53 bits per heavy atom. The van der Waals surface area contributed by atoms with Crippen molar-refractivity contribution >= 4 is 41.3 Å². The fourth-order valence-corrected chi connectivity index (χ4v) is 7.23. The van der Waals surface area contributed by atoms with Crippen molar-refractivity contribution in [3.8, 4) is 5.75 Å². The van der Waals surface area contributed by atoms with Gasteiger partial charge in [-0.15, -0.1) is 0 Å². The molecule has 0 radical (unpaired) electrons. The number of benzene rings is 2. The molecule has 0 spiro atoms. The molecule has 0 saturated carbocycles. The number of aliphatic carboxylic acids is 1. The lowest BCUT2D eigenvalue weighted by Gasteiger charge is -2.29. The fraction of sp³-hybridized carbons (Fsp3) is 0.604. The first-order valence-corrected chi connectivity index (χ1v) is 22.9. The van der Waals surface area contributed by atoms with Gasteiger partial charge >= 0.3 is 17.9 Å². The van der Waals surface area contributed by atoms with Crippen molar-refractivity contribution < 1.29 is 67.0 Å². The van der Waals surface area contributed by atoms with Crippen LogP contribution in [0.5, 0.6) is 5.75 Å². The average molecular weight is 947 g/mol. The third kappa shape index (κ3) is 18.9. The molecule has 18 heteroatoms. The number of rotatable bonds is 25. The minimum atomic E-state index is -1.23. The highest BCUT2D eigenvalue weighted by Gasteiger charge is 2.48. The molecular weight excluding hydrogens is 878 g/mol. The molecule has 1 saturated heterocycles. The van der Waals surface area contributed by atoms with Gasteiger partial charge in [0.1, 0.15) is 24.0 Å². The lowest BCUT2D eigenvalue weighted by atomic mass is 9.92. The number of halogens is 1. The van der Waals surface area contributed by atoms with Gasteiger partial charge in [-0.3, -0.25) is 19.2 Å². The first-order chi connectivity index (χ1) is 31.6. The number of carbonyl (C=O) groups excluding carboxylic acids is 4. The Morgan fingerprint density at radius 1 is 0.894 bits per heavy atom. The molecule has 66 heavy (non-hydrogen) atoms. The van der Waals surface area contributed by atoms with Crippen LogP contribution in [0.3, 0.4) is 0 Å². The van der Waals surface area contributed by atoms with E-state index in [4.69, 9.17) is 54.6 Å². The summed E-state index contributed by atoms with van der Waals surface area (Å²) in [5.74, 6) is -3.17. The van der Waals surface area contributed by atoms with Crippen molar-refractivity contribution in [1.29, 1.82) is 0 Å². The molecule has 0 unspecified atom stereocenters. The first-order valence-electron chi connectivity index (χ1n) is 22.5. The predicted octanol–water partition coefficient (Wildman–Crippen LogP) is 4.75. The van der Waals surface area contributed by atoms with Crippen molar-refractivity contribution in [2.24, 2.45) is 17.3 Å². The van der Waals surface area contributed by atoms with Crippen molar-refractivity contribution in [3.05, 3.63) is 76.3 Å². The Labute approximate surface area is 392 Å². The molecule has 4 rings (SSSR count). The minimum Gasteiger partial charge on any atom is -0.495 e. The van der Waals surface area contributed by atoms with Crippen LogP contribution in [0.1, 0.15) is 76.7 Å². The summed E-state index contributed by atoms with van der Waals surface area (Å²) in [6.45, 7) is 13.3. The van der Waals surface area contributed by atoms with Crippen LogP contribution < -0.4 is 20.7 Å². The van der Waals surface area contributed by atoms with Crippen LogP contribution in [0.15, 0.2) is 54.6 Å². The zero-order chi connectivity index (χ0) is 48.1. The van der Waals surface area contributed by atoms with Crippen LogP contribution in [0.25, 0.3) is 0 Å². The second-order valence-electron chi connectivity index (χ2n) is 17.4. The van der Waals surface area contributed by atoms with Crippen molar-refractivity contribution in [3.63, 3.8) is 0 Å². The van der Waals surface area contributed by atoms with Crippen LogP contribution in [0.4, 0.5) is 0 Å². The number of carboxylic acids is 1. The lowest BCUT2D eigenvalue weighted by molar-refractivity contribution is -0.179. The van der Waals surface area contributed by atoms with Gasteiger partial charge in [0.2, 0.25) is 11.8 Å². The highest BCUT2D eigenvalue weighted by molar-refractivity contribution is 6.32. The summed E-state index contributed by atoms with van der Waals surface area (Å²) in [5, 5.41) is 17.9. The first kappa shape index (κ1) is 54.0. The highest BCUT2D eigenvalue weighted by Crippen LogP contribution is 2.45. The van der Waals surface area contributed by atoms with Gasteiger partial charge in [-0.05, 0) is 61.1 Å². The molecule has 0 aliphatic carbocycles. The van der Waals surface area contributed by atoms with Gasteiger partial charge in [0.05, 0.1) is 82.9 Å². The maximum atomic E-state index is 13.8. The van der Waals surface area contributed by atoms with Crippen molar-refractivity contribution in [2.75, 3.05) is 73.1 Å². The second kappa shape index (κ2) is 27.9. The Bertz CT molecular complexity index is 1890. The number of amides is 2. The molecule has 4 N–H and O–H groups in total. The van der Waals surface area contributed by atoms with E-state index in [2.05, 4.69) is 16.0 Å². The van der Waals surface area contributed by atoms with E-state index >= 15 is 0 Å². The van der Waals surface area contributed by atoms with Crippen LogP contribution in [0, 0.1) is 17.3 Å². The molecule has 0 aromatic heterocycles. The molecule has 2 amide bonds. The van der Waals surface area contributed by atoms with E-state index in [0.717, 1.165) is 11.1 Å². The molecule has 6 atom stereocenters. The lowest BCUT2D eigenvalue weighted by Crippen LogP contribution is -2.51. The molecule has 2 aliphatic rings.